The number of aryl methyl sites for hydroxylation is 1. The van der Waals surface area contributed by atoms with Gasteiger partial charge in [0.15, 0.2) is 0 Å². The summed E-state index contributed by atoms with van der Waals surface area (Å²) in [5.74, 6) is 1.07. The van der Waals surface area contributed by atoms with Gasteiger partial charge >= 0.3 is 0 Å². The number of likely N-dealkylation sites (N-methyl/N-ethyl adjacent to an activating group) is 1. The highest BCUT2D eigenvalue weighted by Gasteiger charge is 2.36. The molecule has 1 unspecified atom stereocenters. The van der Waals surface area contributed by atoms with Crippen molar-refractivity contribution in [2.24, 2.45) is 0 Å². The third kappa shape index (κ3) is 3.97. The van der Waals surface area contributed by atoms with Crippen LogP contribution in [0.15, 0.2) is 42.5 Å². The van der Waals surface area contributed by atoms with Gasteiger partial charge in [-0.25, -0.2) is 0 Å². The van der Waals surface area contributed by atoms with Crippen LogP contribution in [0.2, 0.25) is 0 Å². The molecule has 1 saturated heterocycles. The maximum absolute atomic E-state index is 12.7. The molecular weight excluding hydrogens is 362 g/mol. The van der Waals surface area contributed by atoms with Gasteiger partial charge in [0.1, 0.15) is 11.9 Å². The Morgan fingerprint density at radius 2 is 1.93 bits per heavy atom. The van der Waals surface area contributed by atoms with Crippen molar-refractivity contribution in [3.8, 4) is 5.75 Å². The predicted octanol–water partition coefficient (Wildman–Crippen LogP) is 3.48. The van der Waals surface area contributed by atoms with Crippen LogP contribution in [0.3, 0.4) is 0 Å². The van der Waals surface area contributed by atoms with Gasteiger partial charge in [0.2, 0.25) is 5.91 Å². The van der Waals surface area contributed by atoms with Crippen LogP contribution in [0.1, 0.15) is 36.2 Å². The normalized spacial score (nSPS) is 19.6. The first-order chi connectivity index (χ1) is 14.1. The van der Waals surface area contributed by atoms with Crippen LogP contribution in [-0.4, -0.2) is 56.0 Å². The fourth-order valence-electron chi connectivity index (χ4n) is 4.67. The summed E-state index contributed by atoms with van der Waals surface area (Å²) in [6, 6.07) is 14.9. The van der Waals surface area contributed by atoms with Gasteiger partial charge in [-0.1, -0.05) is 24.3 Å². The lowest BCUT2D eigenvalue weighted by Crippen LogP contribution is -2.33. The average molecular weight is 394 g/mol. The van der Waals surface area contributed by atoms with Crippen molar-refractivity contribution in [1.29, 1.82) is 0 Å². The number of nitrogens with zero attached hydrogens (tertiary/aromatic N) is 3. The number of anilines is 1. The summed E-state index contributed by atoms with van der Waals surface area (Å²) >= 11 is 0. The van der Waals surface area contributed by atoms with Gasteiger partial charge in [-0.15, -0.1) is 0 Å². The first-order valence-corrected chi connectivity index (χ1v) is 10.6. The van der Waals surface area contributed by atoms with E-state index in [2.05, 4.69) is 47.1 Å². The number of methoxy groups -OCH3 is 1. The second-order valence-electron chi connectivity index (χ2n) is 8.05. The van der Waals surface area contributed by atoms with E-state index in [-0.39, 0.29) is 12.1 Å². The van der Waals surface area contributed by atoms with E-state index in [1.54, 1.807) is 7.11 Å². The van der Waals surface area contributed by atoms with E-state index in [0.29, 0.717) is 6.54 Å². The van der Waals surface area contributed by atoms with E-state index in [1.165, 1.54) is 28.8 Å². The Kier molecular flexibility index (Phi) is 5.76. The molecule has 0 aliphatic carbocycles. The Bertz CT molecular complexity index is 865. The highest BCUT2D eigenvalue weighted by atomic mass is 16.5. The Morgan fingerprint density at radius 3 is 2.66 bits per heavy atom. The van der Waals surface area contributed by atoms with E-state index in [1.807, 2.05) is 24.1 Å². The predicted molar refractivity (Wildman–Crippen MR) is 116 cm³/mol. The van der Waals surface area contributed by atoms with E-state index < -0.39 is 0 Å². The molecule has 0 bridgehead atoms. The molecule has 2 aromatic rings. The molecule has 2 aliphatic rings. The molecule has 0 aromatic heterocycles. The highest BCUT2D eigenvalue weighted by Crippen LogP contribution is 2.34. The largest absolute Gasteiger partial charge is 0.497 e. The minimum atomic E-state index is 0.0167. The Balaban J connectivity index is 1.53. The van der Waals surface area contributed by atoms with Gasteiger partial charge in [0.05, 0.1) is 13.7 Å². The second-order valence-corrected chi connectivity index (χ2v) is 8.05. The van der Waals surface area contributed by atoms with E-state index >= 15 is 0 Å². The molecule has 5 nitrogen and oxygen atoms in total. The summed E-state index contributed by atoms with van der Waals surface area (Å²) in [6.45, 7) is 5.60. The van der Waals surface area contributed by atoms with Crippen LogP contribution in [0, 0.1) is 0 Å². The first kappa shape index (κ1) is 19.8. The number of ether oxygens (including phenoxy) is 1. The lowest BCUT2D eigenvalue weighted by atomic mass is 9.97. The van der Waals surface area contributed by atoms with Gasteiger partial charge in [0, 0.05) is 25.3 Å². The molecule has 2 aromatic carbocycles. The molecule has 1 atom stereocenters. The summed E-state index contributed by atoms with van der Waals surface area (Å²) in [6.07, 6.45) is 3.18. The number of fused-ring (bicyclic) bond motifs is 1. The standard InChI is InChI=1S/C24H31N3O2/c1-4-26-14-5-6-19-16-20(9-12-22(19)26)24-25(2)17-23(28)27(24)15-13-18-7-10-21(29-3)11-8-18/h7-12,16,24H,4-6,13-15,17H2,1-3H3. The van der Waals surface area contributed by atoms with Gasteiger partial charge < -0.3 is 14.5 Å². The van der Waals surface area contributed by atoms with Crippen molar-refractivity contribution in [2.75, 3.05) is 45.2 Å². The lowest BCUT2D eigenvalue weighted by molar-refractivity contribution is -0.128. The molecule has 1 amide bonds. The van der Waals surface area contributed by atoms with Crippen LogP contribution in [0.25, 0.3) is 0 Å². The highest BCUT2D eigenvalue weighted by molar-refractivity contribution is 5.81. The van der Waals surface area contributed by atoms with Gasteiger partial charge in [-0.05, 0) is 68.1 Å². The lowest BCUT2D eigenvalue weighted by Gasteiger charge is -2.33. The van der Waals surface area contributed by atoms with E-state index in [9.17, 15) is 4.79 Å². The number of amides is 1. The number of carbonyl (C=O) groups excluding carboxylic acids is 1. The van der Waals surface area contributed by atoms with Crippen molar-refractivity contribution < 1.29 is 9.53 Å². The molecule has 0 N–H and O–H groups in total. The number of carbonyl (C=O) groups is 1. The van der Waals surface area contributed by atoms with Crippen molar-refractivity contribution in [3.05, 3.63) is 59.2 Å². The smallest absolute Gasteiger partial charge is 0.238 e. The fraction of sp³-hybridized carbons (Fsp3) is 0.458. The minimum Gasteiger partial charge on any atom is -0.497 e. The van der Waals surface area contributed by atoms with Gasteiger partial charge in [0.25, 0.3) is 0 Å². The maximum atomic E-state index is 12.7. The number of benzene rings is 2. The molecule has 5 heteroatoms. The van der Waals surface area contributed by atoms with Crippen LogP contribution in [0.4, 0.5) is 5.69 Å². The molecule has 29 heavy (non-hydrogen) atoms. The first-order valence-electron chi connectivity index (χ1n) is 10.6. The SMILES string of the molecule is CCN1CCCc2cc(C3N(C)CC(=O)N3CCc3ccc(OC)cc3)ccc21. The Labute approximate surface area is 173 Å². The van der Waals surface area contributed by atoms with Gasteiger partial charge in [-0.2, -0.15) is 0 Å². The summed E-state index contributed by atoms with van der Waals surface area (Å²) in [5, 5.41) is 0. The fourth-order valence-corrected chi connectivity index (χ4v) is 4.67. The molecule has 0 saturated carbocycles. The molecule has 1 fully saturated rings. The minimum absolute atomic E-state index is 0.0167. The van der Waals surface area contributed by atoms with Crippen molar-refractivity contribution in [2.45, 2.75) is 32.4 Å². The van der Waals surface area contributed by atoms with Gasteiger partial charge in [-0.3, -0.25) is 9.69 Å². The summed E-state index contributed by atoms with van der Waals surface area (Å²) in [5.41, 5.74) is 5.22. The Hall–Kier alpha value is -2.53. The van der Waals surface area contributed by atoms with E-state index in [0.717, 1.165) is 38.2 Å². The second kappa shape index (κ2) is 8.46. The van der Waals surface area contributed by atoms with Crippen LogP contribution in [0.5, 0.6) is 5.75 Å². The number of rotatable bonds is 6. The summed E-state index contributed by atoms with van der Waals surface area (Å²) in [7, 11) is 3.73. The zero-order chi connectivity index (χ0) is 20.4. The maximum Gasteiger partial charge on any atom is 0.238 e. The molecule has 0 spiro atoms. The molecule has 2 heterocycles. The topological polar surface area (TPSA) is 36.0 Å². The zero-order valence-corrected chi connectivity index (χ0v) is 17.7. The van der Waals surface area contributed by atoms with Crippen molar-refractivity contribution in [1.82, 2.24) is 9.80 Å². The Morgan fingerprint density at radius 1 is 1.14 bits per heavy atom. The molecule has 4 rings (SSSR count). The summed E-state index contributed by atoms with van der Waals surface area (Å²) in [4.78, 5) is 19.4. The van der Waals surface area contributed by atoms with Crippen LogP contribution >= 0.6 is 0 Å². The van der Waals surface area contributed by atoms with Crippen molar-refractivity contribution >= 4 is 11.6 Å². The molecule has 2 aliphatic heterocycles. The van der Waals surface area contributed by atoms with E-state index in [4.69, 9.17) is 4.74 Å². The molecule has 154 valence electrons. The number of hydrogen-bond donors (Lipinski definition) is 0. The van der Waals surface area contributed by atoms with Crippen LogP contribution < -0.4 is 9.64 Å². The number of hydrogen-bond acceptors (Lipinski definition) is 4. The molecule has 0 radical (unpaired) electrons. The average Bonchev–Trinajstić information content (AvgIpc) is 3.04. The quantitative estimate of drug-likeness (QED) is 0.753. The molecular formula is C24H31N3O2. The van der Waals surface area contributed by atoms with Crippen LogP contribution in [-0.2, 0) is 17.6 Å². The summed E-state index contributed by atoms with van der Waals surface area (Å²) < 4.78 is 5.24. The van der Waals surface area contributed by atoms with Crippen molar-refractivity contribution in [3.63, 3.8) is 0 Å². The third-order valence-electron chi connectivity index (χ3n) is 6.22. The monoisotopic (exact) mass is 393 g/mol. The zero-order valence-electron chi connectivity index (χ0n) is 17.7. The third-order valence-corrected chi connectivity index (χ3v) is 6.22.